The Kier molecular flexibility index (Phi) is 5.53. The molecular formula is C20H25N3O2. The molecule has 25 heavy (non-hydrogen) atoms. The first-order chi connectivity index (χ1) is 12.1. The summed E-state index contributed by atoms with van der Waals surface area (Å²) in [6, 6.07) is 11.7. The normalized spacial score (nSPS) is 14.5. The van der Waals surface area contributed by atoms with Crippen LogP contribution in [0, 0.1) is 0 Å². The minimum atomic E-state index is -0.0954. The predicted molar refractivity (Wildman–Crippen MR) is 99.4 cm³/mol. The van der Waals surface area contributed by atoms with Gasteiger partial charge < -0.3 is 15.4 Å². The molecule has 5 heteroatoms. The molecule has 0 bridgehead atoms. The molecule has 3 rings (SSSR count). The number of hydrogen-bond acceptors (Lipinski definition) is 4. The molecule has 1 aromatic heterocycles. The second-order valence-electron chi connectivity index (χ2n) is 6.67. The van der Waals surface area contributed by atoms with Crippen LogP contribution < -0.4 is 15.4 Å². The number of carbonyl (C=O) groups is 1. The summed E-state index contributed by atoms with van der Waals surface area (Å²) in [6.45, 7) is 3.99. The molecule has 0 unspecified atom stereocenters. The quantitative estimate of drug-likeness (QED) is 0.824. The highest BCUT2D eigenvalue weighted by Crippen LogP contribution is 2.28. The fraction of sp³-hybridized carbons (Fsp3) is 0.400. The van der Waals surface area contributed by atoms with Crippen molar-refractivity contribution in [1.82, 2.24) is 10.3 Å². The number of carbonyl (C=O) groups excluding carboxylic acids is 1. The Morgan fingerprint density at radius 3 is 2.60 bits per heavy atom. The highest BCUT2D eigenvalue weighted by atomic mass is 16.5. The number of nitrogens with zero attached hydrogens (tertiary/aromatic N) is 1. The Balaban J connectivity index is 1.65. The van der Waals surface area contributed by atoms with Crippen molar-refractivity contribution in [1.29, 1.82) is 0 Å². The summed E-state index contributed by atoms with van der Waals surface area (Å²) in [4.78, 5) is 16.5. The molecule has 1 amide bonds. The topological polar surface area (TPSA) is 63.2 Å². The van der Waals surface area contributed by atoms with Crippen LogP contribution in [0.1, 0.15) is 50.0 Å². The van der Waals surface area contributed by atoms with Crippen LogP contribution in [0.5, 0.6) is 5.75 Å². The first-order valence-corrected chi connectivity index (χ1v) is 8.91. The van der Waals surface area contributed by atoms with E-state index in [0.717, 1.165) is 30.0 Å². The van der Waals surface area contributed by atoms with E-state index < -0.39 is 0 Å². The number of aromatic nitrogens is 1. The maximum atomic E-state index is 12.2. The van der Waals surface area contributed by atoms with E-state index in [1.54, 1.807) is 12.3 Å². The van der Waals surface area contributed by atoms with Crippen LogP contribution in [0.25, 0.3) is 0 Å². The molecule has 0 saturated heterocycles. The van der Waals surface area contributed by atoms with Crippen LogP contribution >= 0.6 is 0 Å². The molecule has 2 aromatic rings. The molecule has 1 aromatic carbocycles. The zero-order chi connectivity index (χ0) is 17.6. The predicted octanol–water partition coefficient (Wildman–Crippen LogP) is 4.28. The van der Waals surface area contributed by atoms with Crippen LogP contribution in [0.3, 0.4) is 0 Å². The molecule has 0 radical (unpaired) electrons. The monoisotopic (exact) mass is 339 g/mol. The van der Waals surface area contributed by atoms with Gasteiger partial charge >= 0.3 is 0 Å². The maximum Gasteiger partial charge on any atom is 0.270 e. The van der Waals surface area contributed by atoms with E-state index in [1.165, 1.54) is 12.8 Å². The molecular weight excluding hydrogens is 314 g/mol. The molecule has 1 aliphatic rings. The molecule has 1 aliphatic carbocycles. The summed E-state index contributed by atoms with van der Waals surface area (Å²) in [5, 5.41) is 6.35. The first-order valence-electron chi connectivity index (χ1n) is 8.91. The van der Waals surface area contributed by atoms with Gasteiger partial charge in [0.05, 0.1) is 23.7 Å². The van der Waals surface area contributed by atoms with Crippen molar-refractivity contribution in [2.45, 2.75) is 51.7 Å². The average molecular weight is 339 g/mol. The number of rotatable bonds is 6. The number of benzene rings is 1. The Morgan fingerprint density at radius 1 is 1.16 bits per heavy atom. The summed E-state index contributed by atoms with van der Waals surface area (Å²) in [7, 11) is 0. The largest absolute Gasteiger partial charge is 0.489 e. The highest BCUT2D eigenvalue weighted by Gasteiger charge is 2.18. The smallest absolute Gasteiger partial charge is 0.270 e. The summed E-state index contributed by atoms with van der Waals surface area (Å²) in [5.74, 6) is 0.697. The fourth-order valence-corrected chi connectivity index (χ4v) is 3.01. The number of anilines is 2. The van der Waals surface area contributed by atoms with E-state index in [0.29, 0.717) is 11.7 Å². The van der Waals surface area contributed by atoms with Crippen molar-refractivity contribution >= 4 is 17.3 Å². The third-order valence-corrected chi connectivity index (χ3v) is 4.22. The number of hydrogen-bond donors (Lipinski definition) is 2. The number of para-hydroxylation sites is 2. The van der Waals surface area contributed by atoms with Crippen molar-refractivity contribution in [2.24, 2.45) is 0 Å². The molecule has 0 aliphatic heterocycles. The second-order valence-corrected chi connectivity index (χ2v) is 6.67. The number of ether oxygens (including phenoxy) is 1. The number of nitrogens with one attached hydrogen (secondary N) is 2. The Bertz CT molecular complexity index is 707. The van der Waals surface area contributed by atoms with Gasteiger partial charge in [0.15, 0.2) is 0 Å². The molecule has 1 saturated carbocycles. The van der Waals surface area contributed by atoms with Gasteiger partial charge in [0.1, 0.15) is 11.4 Å². The van der Waals surface area contributed by atoms with Crippen molar-refractivity contribution in [3.05, 3.63) is 48.3 Å². The van der Waals surface area contributed by atoms with Crippen LogP contribution in [-0.2, 0) is 0 Å². The summed E-state index contributed by atoms with van der Waals surface area (Å²) in [6.07, 6.45) is 6.30. The third kappa shape index (κ3) is 4.72. The van der Waals surface area contributed by atoms with Crippen LogP contribution in [0.4, 0.5) is 11.4 Å². The van der Waals surface area contributed by atoms with Crippen molar-refractivity contribution < 1.29 is 9.53 Å². The van der Waals surface area contributed by atoms with Gasteiger partial charge in [-0.1, -0.05) is 25.0 Å². The van der Waals surface area contributed by atoms with Crippen molar-refractivity contribution in [3.63, 3.8) is 0 Å². The molecule has 1 fully saturated rings. The SMILES string of the molecule is CC(C)Oc1ccccc1Nc1ccc(C(=O)NC2CCCC2)nc1. The van der Waals surface area contributed by atoms with E-state index in [9.17, 15) is 4.79 Å². The minimum absolute atomic E-state index is 0.0954. The van der Waals surface area contributed by atoms with Crippen molar-refractivity contribution in [3.8, 4) is 5.75 Å². The molecule has 0 atom stereocenters. The Morgan fingerprint density at radius 2 is 1.92 bits per heavy atom. The Labute approximate surface area is 148 Å². The van der Waals surface area contributed by atoms with E-state index in [-0.39, 0.29) is 12.0 Å². The number of amides is 1. The zero-order valence-electron chi connectivity index (χ0n) is 14.8. The van der Waals surface area contributed by atoms with Crippen LogP contribution in [0.2, 0.25) is 0 Å². The van der Waals surface area contributed by atoms with E-state index in [1.807, 2.05) is 44.2 Å². The van der Waals surface area contributed by atoms with E-state index in [4.69, 9.17) is 4.74 Å². The van der Waals surface area contributed by atoms with E-state index >= 15 is 0 Å². The van der Waals surface area contributed by atoms with Crippen LogP contribution in [-0.4, -0.2) is 23.0 Å². The van der Waals surface area contributed by atoms with Gasteiger partial charge in [-0.3, -0.25) is 4.79 Å². The highest BCUT2D eigenvalue weighted by molar-refractivity contribution is 5.92. The average Bonchev–Trinajstić information content (AvgIpc) is 3.10. The Hall–Kier alpha value is -2.56. The standard InChI is InChI=1S/C20H25N3O2/c1-14(2)25-19-10-6-5-9-17(19)22-16-11-12-18(21-13-16)20(24)23-15-7-3-4-8-15/h5-6,9-15,22H,3-4,7-8H2,1-2H3,(H,23,24). The third-order valence-electron chi connectivity index (χ3n) is 4.22. The van der Waals surface area contributed by atoms with Crippen molar-refractivity contribution in [2.75, 3.05) is 5.32 Å². The van der Waals surface area contributed by atoms with Gasteiger partial charge in [-0.25, -0.2) is 4.98 Å². The van der Waals surface area contributed by atoms with Gasteiger partial charge in [0.25, 0.3) is 5.91 Å². The first kappa shape index (κ1) is 17.3. The van der Waals surface area contributed by atoms with Gasteiger partial charge in [-0.15, -0.1) is 0 Å². The molecule has 5 nitrogen and oxygen atoms in total. The maximum absolute atomic E-state index is 12.2. The molecule has 132 valence electrons. The zero-order valence-corrected chi connectivity index (χ0v) is 14.8. The lowest BCUT2D eigenvalue weighted by Gasteiger charge is -2.15. The lowest BCUT2D eigenvalue weighted by atomic mass is 10.2. The van der Waals surface area contributed by atoms with Gasteiger partial charge in [-0.2, -0.15) is 0 Å². The lowest BCUT2D eigenvalue weighted by Crippen LogP contribution is -2.33. The number of pyridine rings is 1. The van der Waals surface area contributed by atoms with E-state index in [2.05, 4.69) is 15.6 Å². The summed E-state index contributed by atoms with van der Waals surface area (Å²) < 4.78 is 5.81. The summed E-state index contributed by atoms with van der Waals surface area (Å²) >= 11 is 0. The summed E-state index contributed by atoms with van der Waals surface area (Å²) in [5.41, 5.74) is 2.14. The molecule has 0 spiro atoms. The van der Waals surface area contributed by atoms with Gasteiger partial charge in [0.2, 0.25) is 0 Å². The second kappa shape index (κ2) is 8.01. The van der Waals surface area contributed by atoms with Crippen LogP contribution in [0.15, 0.2) is 42.6 Å². The lowest BCUT2D eigenvalue weighted by molar-refractivity contribution is 0.0933. The fourth-order valence-electron chi connectivity index (χ4n) is 3.01. The van der Waals surface area contributed by atoms with Gasteiger partial charge in [-0.05, 0) is 51.0 Å². The minimum Gasteiger partial charge on any atom is -0.489 e. The molecule has 2 N–H and O–H groups in total. The van der Waals surface area contributed by atoms with Gasteiger partial charge in [0, 0.05) is 6.04 Å². The molecule has 1 heterocycles.